The molecular formula is C23H26O2. The minimum absolute atomic E-state index is 0.0709. The molecule has 25 heavy (non-hydrogen) atoms. The van der Waals surface area contributed by atoms with Gasteiger partial charge in [-0.05, 0) is 50.6 Å². The summed E-state index contributed by atoms with van der Waals surface area (Å²) in [6.45, 7) is 15.7. The Labute approximate surface area is 150 Å². The van der Waals surface area contributed by atoms with E-state index in [1.54, 1.807) is 12.1 Å². The second kappa shape index (κ2) is 5.59. The van der Waals surface area contributed by atoms with Crippen LogP contribution in [0.2, 0.25) is 0 Å². The third-order valence-corrected chi connectivity index (χ3v) is 6.40. The van der Waals surface area contributed by atoms with E-state index >= 15 is 0 Å². The number of carboxylic acid groups (broad SMARTS) is 1. The average molecular weight is 334 g/mol. The number of carboxylic acids is 1. The van der Waals surface area contributed by atoms with Gasteiger partial charge in [0.05, 0.1) is 5.56 Å². The van der Waals surface area contributed by atoms with Crippen LogP contribution in [-0.2, 0) is 10.8 Å². The third-order valence-electron chi connectivity index (χ3n) is 6.40. The molecule has 2 heteroatoms. The average Bonchev–Trinajstić information content (AvgIpc) is 2.72. The third kappa shape index (κ3) is 2.52. The summed E-state index contributed by atoms with van der Waals surface area (Å²) in [6.07, 6.45) is 0. The van der Waals surface area contributed by atoms with Crippen LogP contribution >= 0.6 is 0 Å². The fourth-order valence-electron chi connectivity index (χ4n) is 4.28. The molecule has 0 bridgehead atoms. The Morgan fingerprint density at radius 1 is 0.960 bits per heavy atom. The van der Waals surface area contributed by atoms with Crippen molar-refractivity contribution in [3.05, 3.63) is 76.9 Å². The molecule has 0 saturated carbocycles. The Balaban J connectivity index is 2.13. The molecule has 1 aliphatic carbocycles. The normalized spacial score (nSPS) is 20.1. The standard InChI is InChI=1S/C23H26O2/c1-14(17-9-7-8-10-18(17)21(24)25)16-11-12-19-20(13-16)23(5,6)15(2)22(19,3)4/h7-13,15H,1H2,2-6H3,(H,24,25). The van der Waals surface area contributed by atoms with Gasteiger partial charge in [0.1, 0.15) is 0 Å². The molecule has 2 aromatic rings. The molecule has 0 aromatic heterocycles. The van der Waals surface area contributed by atoms with Gasteiger partial charge < -0.3 is 5.11 Å². The van der Waals surface area contributed by atoms with Crippen molar-refractivity contribution in [1.82, 2.24) is 0 Å². The zero-order valence-electron chi connectivity index (χ0n) is 15.7. The van der Waals surface area contributed by atoms with E-state index in [0.29, 0.717) is 17.0 Å². The summed E-state index contributed by atoms with van der Waals surface area (Å²) < 4.78 is 0. The van der Waals surface area contributed by atoms with Crippen LogP contribution in [0.1, 0.15) is 67.2 Å². The van der Waals surface area contributed by atoms with Crippen LogP contribution in [0.5, 0.6) is 0 Å². The molecule has 0 fully saturated rings. The van der Waals surface area contributed by atoms with Crippen LogP contribution in [0, 0.1) is 5.92 Å². The van der Waals surface area contributed by atoms with Crippen molar-refractivity contribution in [2.75, 3.05) is 0 Å². The van der Waals surface area contributed by atoms with E-state index in [4.69, 9.17) is 0 Å². The van der Waals surface area contributed by atoms with Crippen LogP contribution in [0.25, 0.3) is 5.57 Å². The summed E-state index contributed by atoms with van der Waals surface area (Å²) in [6, 6.07) is 13.6. The largest absolute Gasteiger partial charge is 0.478 e. The maximum atomic E-state index is 11.5. The first-order chi connectivity index (χ1) is 11.6. The van der Waals surface area contributed by atoms with Gasteiger partial charge >= 0.3 is 5.97 Å². The summed E-state index contributed by atoms with van der Waals surface area (Å²) >= 11 is 0. The zero-order valence-corrected chi connectivity index (χ0v) is 15.7. The fraction of sp³-hybridized carbons (Fsp3) is 0.348. The van der Waals surface area contributed by atoms with E-state index in [1.165, 1.54) is 11.1 Å². The minimum Gasteiger partial charge on any atom is -0.478 e. The lowest BCUT2D eigenvalue weighted by Gasteiger charge is -2.32. The van der Waals surface area contributed by atoms with Crippen LogP contribution in [0.3, 0.4) is 0 Å². The Kier molecular flexibility index (Phi) is 3.90. The van der Waals surface area contributed by atoms with E-state index in [9.17, 15) is 9.90 Å². The Bertz CT molecular complexity index is 871. The van der Waals surface area contributed by atoms with Crippen molar-refractivity contribution >= 4 is 11.5 Å². The minimum atomic E-state index is -0.923. The number of carbonyl (C=O) groups is 1. The first-order valence-corrected chi connectivity index (χ1v) is 8.75. The number of benzene rings is 2. The quantitative estimate of drug-likeness (QED) is 0.787. The molecule has 130 valence electrons. The summed E-state index contributed by atoms with van der Waals surface area (Å²) in [5.74, 6) is -0.405. The molecule has 2 aromatic carbocycles. The lowest BCUT2D eigenvalue weighted by atomic mass is 9.71. The molecule has 3 rings (SSSR count). The molecular weight excluding hydrogens is 308 g/mol. The summed E-state index contributed by atoms with van der Waals surface area (Å²) in [5, 5.41) is 9.46. The predicted molar refractivity (Wildman–Crippen MR) is 103 cm³/mol. The van der Waals surface area contributed by atoms with E-state index in [1.807, 2.05) is 12.1 Å². The van der Waals surface area contributed by atoms with Crippen LogP contribution < -0.4 is 0 Å². The molecule has 0 saturated heterocycles. The Morgan fingerprint density at radius 2 is 1.52 bits per heavy atom. The van der Waals surface area contributed by atoms with E-state index in [2.05, 4.69) is 59.4 Å². The summed E-state index contributed by atoms with van der Waals surface area (Å²) in [5.41, 5.74) is 5.64. The lowest BCUT2D eigenvalue weighted by molar-refractivity contribution is 0.0696. The van der Waals surface area contributed by atoms with Crippen molar-refractivity contribution in [1.29, 1.82) is 0 Å². The molecule has 1 atom stereocenters. The molecule has 2 nitrogen and oxygen atoms in total. The molecule has 0 spiro atoms. The van der Waals surface area contributed by atoms with Gasteiger partial charge in [-0.3, -0.25) is 0 Å². The zero-order chi connectivity index (χ0) is 18.6. The van der Waals surface area contributed by atoms with Gasteiger partial charge in [-0.25, -0.2) is 4.79 Å². The Hall–Kier alpha value is -2.35. The van der Waals surface area contributed by atoms with E-state index < -0.39 is 5.97 Å². The summed E-state index contributed by atoms with van der Waals surface area (Å²) in [4.78, 5) is 11.5. The molecule has 1 unspecified atom stereocenters. The van der Waals surface area contributed by atoms with Gasteiger partial charge in [0.2, 0.25) is 0 Å². The van der Waals surface area contributed by atoms with Gasteiger partial charge in [-0.15, -0.1) is 0 Å². The van der Waals surface area contributed by atoms with Gasteiger partial charge in [-0.1, -0.05) is 77.6 Å². The molecule has 1 aliphatic rings. The number of rotatable bonds is 3. The predicted octanol–water partition coefficient (Wildman–Crippen LogP) is 5.65. The van der Waals surface area contributed by atoms with Crippen LogP contribution in [0.4, 0.5) is 0 Å². The van der Waals surface area contributed by atoms with Crippen LogP contribution in [-0.4, -0.2) is 11.1 Å². The first kappa shape index (κ1) is 17.5. The van der Waals surface area contributed by atoms with Gasteiger partial charge in [0, 0.05) is 0 Å². The van der Waals surface area contributed by atoms with Gasteiger partial charge in [0.15, 0.2) is 0 Å². The highest BCUT2D eigenvalue weighted by Crippen LogP contribution is 2.54. The highest BCUT2D eigenvalue weighted by atomic mass is 16.4. The van der Waals surface area contributed by atoms with Crippen LogP contribution in [0.15, 0.2) is 49.0 Å². The number of hydrogen-bond donors (Lipinski definition) is 1. The summed E-state index contributed by atoms with van der Waals surface area (Å²) in [7, 11) is 0. The Morgan fingerprint density at radius 3 is 2.12 bits per heavy atom. The topological polar surface area (TPSA) is 37.3 Å². The monoisotopic (exact) mass is 334 g/mol. The SMILES string of the molecule is C=C(c1ccc2c(c1)C(C)(C)C(C)C2(C)C)c1ccccc1C(=O)O. The van der Waals surface area contributed by atoms with Gasteiger partial charge in [0.25, 0.3) is 0 Å². The second-order valence-electron chi connectivity index (χ2n) is 8.25. The number of fused-ring (bicyclic) bond motifs is 1. The number of aromatic carboxylic acids is 1. The van der Waals surface area contributed by atoms with E-state index in [0.717, 1.165) is 11.1 Å². The number of hydrogen-bond acceptors (Lipinski definition) is 1. The van der Waals surface area contributed by atoms with Crippen molar-refractivity contribution < 1.29 is 9.90 Å². The molecule has 1 N–H and O–H groups in total. The van der Waals surface area contributed by atoms with Crippen molar-refractivity contribution in [3.8, 4) is 0 Å². The molecule has 0 heterocycles. The first-order valence-electron chi connectivity index (χ1n) is 8.75. The maximum Gasteiger partial charge on any atom is 0.336 e. The molecule has 0 aliphatic heterocycles. The molecule has 0 radical (unpaired) electrons. The van der Waals surface area contributed by atoms with Crippen molar-refractivity contribution in [2.24, 2.45) is 5.92 Å². The fourth-order valence-corrected chi connectivity index (χ4v) is 4.28. The van der Waals surface area contributed by atoms with Crippen molar-refractivity contribution in [2.45, 2.75) is 45.4 Å². The molecule has 0 amide bonds. The lowest BCUT2D eigenvalue weighted by Crippen LogP contribution is -2.30. The highest BCUT2D eigenvalue weighted by molar-refractivity contribution is 5.96. The highest BCUT2D eigenvalue weighted by Gasteiger charge is 2.48. The smallest absolute Gasteiger partial charge is 0.336 e. The van der Waals surface area contributed by atoms with E-state index in [-0.39, 0.29) is 10.8 Å². The maximum absolute atomic E-state index is 11.5. The van der Waals surface area contributed by atoms with Gasteiger partial charge in [-0.2, -0.15) is 0 Å². The van der Waals surface area contributed by atoms with Crippen molar-refractivity contribution in [3.63, 3.8) is 0 Å². The second-order valence-corrected chi connectivity index (χ2v) is 8.25.